The van der Waals surface area contributed by atoms with E-state index in [1.165, 1.54) is 0 Å². The number of nitrogens with zero attached hydrogens (tertiary/aromatic N) is 3. The summed E-state index contributed by atoms with van der Waals surface area (Å²) in [6.45, 7) is 8.90. The number of nitrogen functional groups attached to an aromatic ring is 1. The summed E-state index contributed by atoms with van der Waals surface area (Å²) >= 11 is 0. The number of nitrogens with two attached hydrogens (primary N) is 1. The van der Waals surface area contributed by atoms with Gasteiger partial charge in [0.05, 0.1) is 28.7 Å². The second-order valence-corrected chi connectivity index (χ2v) is 9.66. The van der Waals surface area contributed by atoms with E-state index in [1.54, 1.807) is 12.3 Å². The summed E-state index contributed by atoms with van der Waals surface area (Å²) in [5.74, 6) is -0.0817. The fourth-order valence-electron chi connectivity index (χ4n) is 4.63. The van der Waals surface area contributed by atoms with Crippen LogP contribution in [0.15, 0.2) is 62.1 Å². The van der Waals surface area contributed by atoms with Gasteiger partial charge in [-0.05, 0) is 57.9 Å². The van der Waals surface area contributed by atoms with Crippen molar-refractivity contribution in [3.05, 3.63) is 58.3 Å². The van der Waals surface area contributed by atoms with Crippen molar-refractivity contribution in [3.8, 4) is 0 Å². The van der Waals surface area contributed by atoms with Gasteiger partial charge in [-0.25, -0.2) is 4.99 Å². The van der Waals surface area contributed by atoms with Crippen molar-refractivity contribution < 1.29 is 22.9 Å². The number of fused-ring (bicyclic) bond motifs is 1. The van der Waals surface area contributed by atoms with Gasteiger partial charge in [0.15, 0.2) is 5.58 Å². The first kappa shape index (κ1) is 20.5. The molecule has 0 atom stereocenters. The first-order chi connectivity index (χ1) is 15.6. The van der Waals surface area contributed by atoms with E-state index in [0.717, 1.165) is 23.3 Å². The Kier molecular flexibility index (Phi) is 4.17. The minimum atomic E-state index is -0.767. The van der Waals surface area contributed by atoms with Crippen LogP contribution >= 0.6 is 0 Å². The van der Waals surface area contributed by atoms with Crippen LogP contribution in [0.2, 0.25) is 0 Å². The second kappa shape index (κ2) is 6.71. The van der Waals surface area contributed by atoms with Gasteiger partial charge in [0.2, 0.25) is 5.95 Å². The molecule has 0 unspecified atom stereocenters. The summed E-state index contributed by atoms with van der Waals surface area (Å²) in [6.07, 6.45) is 2.30. The van der Waals surface area contributed by atoms with E-state index < -0.39 is 24.3 Å². The lowest BCUT2D eigenvalue weighted by atomic mass is 9.73. The minimum absolute atomic E-state index is 0.0883. The molecule has 2 aromatic rings. The number of benzene rings is 1. The number of halogens is 1. The second-order valence-electron chi connectivity index (χ2n) is 9.66. The molecule has 1 aromatic heterocycles. The predicted octanol–water partition coefficient (Wildman–Crippen LogP) is 3.86. The number of amidine groups is 1. The highest BCUT2D eigenvalue weighted by Gasteiger charge is 2.54. The van der Waals surface area contributed by atoms with E-state index in [9.17, 15) is 0 Å². The number of aliphatic imine (C=N–C) groups is 1. The number of anilines is 1. The Bertz CT molecular complexity index is 1310. The van der Waals surface area contributed by atoms with Gasteiger partial charge in [-0.1, -0.05) is 0 Å². The van der Waals surface area contributed by atoms with Crippen LogP contribution in [0.3, 0.4) is 0 Å². The Morgan fingerprint density at radius 1 is 1.15 bits per heavy atom. The number of oxazole rings is 1. The Labute approximate surface area is 190 Å². The van der Waals surface area contributed by atoms with Crippen molar-refractivity contribution in [2.24, 2.45) is 4.99 Å². The van der Waals surface area contributed by atoms with Crippen LogP contribution in [0.1, 0.15) is 39.7 Å². The predicted molar refractivity (Wildman–Crippen MR) is 122 cm³/mol. The molecular weight excluding hydrogens is 426 g/mol. The highest BCUT2D eigenvalue weighted by atomic mass is 19.1. The molecule has 0 spiro atoms. The number of hydrogen-bond acceptors (Lipinski definition) is 8. The van der Waals surface area contributed by atoms with Gasteiger partial charge < -0.3 is 29.1 Å². The molecule has 0 aliphatic carbocycles. The Balaban J connectivity index is 1.47. The van der Waals surface area contributed by atoms with Gasteiger partial charge in [0.1, 0.15) is 18.0 Å². The van der Waals surface area contributed by atoms with Crippen LogP contribution in [-0.4, -0.2) is 47.2 Å². The quantitative estimate of drug-likeness (QED) is 0.549. The summed E-state index contributed by atoms with van der Waals surface area (Å²) in [6, 6.07) is 5.50. The zero-order valence-corrected chi connectivity index (χ0v) is 18.9. The fourth-order valence-corrected chi connectivity index (χ4v) is 4.63. The minimum Gasteiger partial charge on any atom is -0.497 e. The zero-order valence-electron chi connectivity index (χ0n) is 18.9. The smallest absolute Gasteiger partial charge is 0.497 e. The normalized spacial score (nSPS) is 23.5. The van der Waals surface area contributed by atoms with Crippen molar-refractivity contribution in [3.63, 3.8) is 0 Å². The molecule has 0 radical (unpaired) electrons. The molecule has 4 aliphatic rings. The molecule has 6 rings (SSSR count). The van der Waals surface area contributed by atoms with Crippen LogP contribution in [-0.2, 0) is 14.0 Å². The standard InChI is InChI=1S/C23H24BFN4O4/c1-22(2)23(3,4)33-24(32-22)14-11-30-10-13-7-8-29-18(13)17(14)19(25)28-20(29)12-5-6-16-15(9-12)27-21(26)31-16/h5-6,9,11H,7-8,10H2,1-4H3,(H2,26,27). The summed E-state index contributed by atoms with van der Waals surface area (Å²) in [5, 5.41) is 0. The first-order valence-corrected chi connectivity index (χ1v) is 11.0. The fraction of sp³-hybridized carbons (Fsp3) is 0.391. The van der Waals surface area contributed by atoms with E-state index in [4.69, 9.17) is 24.2 Å². The highest BCUT2D eigenvalue weighted by Crippen LogP contribution is 2.46. The third-order valence-electron chi connectivity index (χ3n) is 7.07. The summed E-state index contributed by atoms with van der Waals surface area (Å²) in [4.78, 5) is 10.6. The van der Waals surface area contributed by atoms with Crippen LogP contribution in [0.5, 0.6) is 0 Å². The third kappa shape index (κ3) is 2.97. The molecule has 10 heteroatoms. The van der Waals surface area contributed by atoms with Gasteiger partial charge >= 0.3 is 7.12 Å². The number of aromatic nitrogens is 1. The number of allylic oxidation sites excluding steroid dienone is 1. The molecule has 0 bridgehead atoms. The van der Waals surface area contributed by atoms with Crippen LogP contribution in [0, 0.1) is 0 Å². The third-order valence-corrected chi connectivity index (χ3v) is 7.07. The molecule has 0 saturated carbocycles. The van der Waals surface area contributed by atoms with Gasteiger partial charge in [-0.2, -0.15) is 9.37 Å². The van der Waals surface area contributed by atoms with Gasteiger partial charge in [-0.15, -0.1) is 0 Å². The average Bonchev–Trinajstić information content (AvgIpc) is 3.33. The maximum atomic E-state index is 15.8. The Morgan fingerprint density at radius 3 is 2.67 bits per heavy atom. The Morgan fingerprint density at radius 2 is 1.91 bits per heavy atom. The van der Waals surface area contributed by atoms with E-state index in [0.29, 0.717) is 41.1 Å². The van der Waals surface area contributed by atoms with Gasteiger partial charge in [0, 0.05) is 17.6 Å². The summed E-state index contributed by atoms with van der Waals surface area (Å²) in [5.41, 5.74) is 9.11. The summed E-state index contributed by atoms with van der Waals surface area (Å²) in [7, 11) is -0.767. The van der Waals surface area contributed by atoms with E-state index in [2.05, 4.69) is 9.98 Å². The highest BCUT2D eigenvalue weighted by molar-refractivity contribution is 6.56. The van der Waals surface area contributed by atoms with E-state index in [1.807, 2.05) is 44.7 Å². The lowest BCUT2D eigenvalue weighted by molar-refractivity contribution is 0.00578. The Hall–Kier alpha value is -3.11. The maximum absolute atomic E-state index is 15.8. The average molecular weight is 450 g/mol. The molecule has 1 saturated heterocycles. The van der Waals surface area contributed by atoms with Crippen molar-refractivity contribution in [2.45, 2.75) is 45.3 Å². The molecule has 1 aromatic carbocycles. The molecule has 0 amide bonds. The van der Waals surface area contributed by atoms with Crippen molar-refractivity contribution in [1.29, 1.82) is 0 Å². The number of ether oxygens (including phenoxy) is 1. The lowest BCUT2D eigenvalue weighted by Crippen LogP contribution is -2.41. The first-order valence-electron chi connectivity index (χ1n) is 11.0. The van der Waals surface area contributed by atoms with Crippen LogP contribution < -0.4 is 5.73 Å². The largest absolute Gasteiger partial charge is 0.498 e. The topological polar surface area (TPSA) is 95.3 Å². The van der Waals surface area contributed by atoms with Crippen LogP contribution in [0.4, 0.5) is 10.4 Å². The van der Waals surface area contributed by atoms with E-state index >= 15 is 4.39 Å². The van der Waals surface area contributed by atoms with Crippen molar-refractivity contribution >= 4 is 30.1 Å². The van der Waals surface area contributed by atoms with Gasteiger partial charge in [-0.3, -0.25) is 0 Å². The molecule has 33 heavy (non-hydrogen) atoms. The van der Waals surface area contributed by atoms with Crippen LogP contribution in [0.25, 0.3) is 11.1 Å². The molecule has 5 heterocycles. The van der Waals surface area contributed by atoms with E-state index in [-0.39, 0.29) is 6.01 Å². The summed E-state index contributed by atoms with van der Waals surface area (Å²) < 4.78 is 39.4. The lowest BCUT2D eigenvalue weighted by Gasteiger charge is -2.32. The SMILES string of the molecule is CC1(C)OB(C2=COCC3=C4C2=C(F)N=C(c2ccc5oc(N)nc5c2)N4CC3)OC1(C)C. The molecule has 2 N–H and O–H groups in total. The molecule has 4 aliphatic heterocycles. The number of hydrogen-bond donors (Lipinski definition) is 1. The number of rotatable bonds is 2. The molecule has 8 nitrogen and oxygen atoms in total. The zero-order chi connectivity index (χ0) is 23.1. The molecule has 1 fully saturated rings. The molecule has 170 valence electrons. The monoisotopic (exact) mass is 450 g/mol. The molecular formula is C23H24BFN4O4. The van der Waals surface area contributed by atoms with Crippen molar-refractivity contribution in [2.75, 3.05) is 18.9 Å². The van der Waals surface area contributed by atoms with Gasteiger partial charge in [0.25, 0.3) is 6.01 Å². The van der Waals surface area contributed by atoms with Crippen molar-refractivity contribution in [1.82, 2.24) is 9.88 Å². The maximum Gasteiger partial charge on any atom is 0.498 e.